The van der Waals surface area contributed by atoms with E-state index in [-0.39, 0.29) is 0 Å². The highest BCUT2D eigenvalue weighted by molar-refractivity contribution is 6.33. The van der Waals surface area contributed by atoms with Crippen molar-refractivity contribution >= 4 is 17.6 Å². The first-order valence-corrected chi connectivity index (χ1v) is 2.64. The Morgan fingerprint density at radius 1 is 1.36 bits per heavy atom. The van der Waals surface area contributed by atoms with Gasteiger partial charge in [-0.3, -0.25) is 0 Å². The van der Waals surface area contributed by atoms with Crippen molar-refractivity contribution in [1.82, 2.24) is 0 Å². The number of ether oxygens (including phenoxy) is 1. The van der Waals surface area contributed by atoms with Crippen LogP contribution in [0.3, 0.4) is 0 Å². The van der Waals surface area contributed by atoms with Crippen molar-refractivity contribution in [2.24, 2.45) is 0 Å². The molecule has 0 aromatic rings. The van der Waals surface area contributed by atoms with Crippen LogP contribution in [0, 0.1) is 0 Å². The monoisotopic (exact) mass is 194 g/mol. The van der Waals surface area contributed by atoms with Gasteiger partial charge in [-0.1, -0.05) is 11.6 Å². The normalized spacial score (nSPS) is 17.3. The molecule has 0 fully saturated rings. The molecule has 0 aromatic heterocycles. The lowest BCUT2D eigenvalue weighted by atomic mass is 10.4. The maximum atomic E-state index is 12.2. The minimum absolute atomic E-state index is 0.602. The van der Waals surface area contributed by atoms with Gasteiger partial charge in [-0.05, 0) is 0 Å². The molecule has 0 aliphatic heterocycles. The van der Waals surface area contributed by atoms with E-state index >= 15 is 0 Å². The molecule has 0 saturated carbocycles. The van der Waals surface area contributed by atoms with Crippen LogP contribution in [0.25, 0.3) is 0 Å². The van der Waals surface area contributed by atoms with Crippen LogP contribution < -0.4 is 0 Å². The van der Waals surface area contributed by atoms with Crippen molar-refractivity contribution in [3.63, 3.8) is 0 Å². The summed E-state index contributed by atoms with van der Waals surface area (Å²) in [5.41, 5.74) is 0. The fourth-order valence-corrected chi connectivity index (χ4v) is 0.321. The Bertz CT molecular complexity index is 164. The van der Waals surface area contributed by atoms with Crippen molar-refractivity contribution in [3.05, 3.63) is 0 Å². The van der Waals surface area contributed by atoms with Crippen LogP contribution in [0.15, 0.2) is 0 Å². The van der Waals surface area contributed by atoms with Gasteiger partial charge < -0.3 is 4.74 Å². The maximum absolute atomic E-state index is 12.2. The van der Waals surface area contributed by atoms with Crippen LogP contribution in [-0.2, 0) is 9.53 Å². The van der Waals surface area contributed by atoms with E-state index in [4.69, 9.17) is 0 Å². The van der Waals surface area contributed by atoms with E-state index in [1.807, 2.05) is 0 Å². The van der Waals surface area contributed by atoms with Gasteiger partial charge in [-0.15, -0.1) is 0 Å². The first-order valence-electron chi connectivity index (χ1n) is 2.26. The second-order valence-electron chi connectivity index (χ2n) is 1.56. The topological polar surface area (TPSA) is 26.3 Å². The second-order valence-corrected chi connectivity index (χ2v) is 2.08. The van der Waals surface area contributed by atoms with Crippen molar-refractivity contribution < 1.29 is 27.1 Å². The van der Waals surface area contributed by atoms with E-state index in [9.17, 15) is 22.4 Å². The summed E-state index contributed by atoms with van der Waals surface area (Å²) in [6.07, 6.45) is -5.46. The molecule has 1 atom stereocenters. The van der Waals surface area contributed by atoms with Crippen LogP contribution in [0.4, 0.5) is 17.6 Å². The van der Waals surface area contributed by atoms with Gasteiger partial charge in [0.05, 0.1) is 7.11 Å². The van der Waals surface area contributed by atoms with Crippen LogP contribution in [0.2, 0.25) is 0 Å². The lowest BCUT2D eigenvalue weighted by Crippen LogP contribution is -2.43. The number of carbonyl (C=O) groups is 1. The first kappa shape index (κ1) is 10.5. The van der Waals surface area contributed by atoms with E-state index in [2.05, 4.69) is 16.3 Å². The predicted molar refractivity (Wildman–Crippen MR) is 27.8 cm³/mol. The average Bonchev–Trinajstić information content (AvgIpc) is 1.83. The Hall–Kier alpha value is -0.520. The summed E-state index contributed by atoms with van der Waals surface area (Å²) in [5.74, 6) is -2.17. The van der Waals surface area contributed by atoms with E-state index in [1.54, 1.807) is 0 Å². The van der Waals surface area contributed by atoms with Crippen LogP contribution >= 0.6 is 11.6 Å². The molecule has 2 nitrogen and oxygen atoms in total. The number of hydrogen-bond donors (Lipinski definition) is 0. The van der Waals surface area contributed by atoms with Gasteiger partial charge in [0.1, 0.15) is 0 Å². The summed E-state index contributed by atoms with van der Waals surface area (Å²) in [6, 6.07) is 0. The summed E-state index contributed by atoms with van der Waals surface area (Å²) in [7, 11) is 0.602. The Morgan fingerprint density at radius 2 is 1.73 bits per heavy atom. The van der Waals surface area contributed by atoms with Gasteiger partial charge in [-0.25, -0.2) is 9.18 Å². The molecule has 0 N–H and O–H groups in total. The third kappa shape index (κ3) is 1.95. The van der Waals surface area contributed by atoms with Crippen LogP contribution in [0.5, 0.6) is 0 Å². The number of halogens is 5. The lowest BCUT2D eigenvalue weighted by molar-refractivity contribution is -0.212. The van der Waals surface area contributed by atoms with Crippen LogP contribution in [-0.4, -0.2) is 24.4 Å². The smallest absolute Gasteiger partial charge is 0.448 e. The lowest BCUT2D eigenvalue weighted by Gasteiger charge is -2.17. The molecule has 0 saturated heterocycles. The van der Waals surface area contributed by atoms with Crippen molar-refractivity contribution in [1.29, 1.82) is 0 Å². The van der Waals surface area contributed by atoms with Gasteiger partial charge in [0.25, 0.3) is 0 Å². The molecule has 0 amide bonds. The highest BCUT2D eigenvalue weighted by Gasteiger charge is 2.62. The number of alkyl halides is 5. The fraction of sp³-hybridized carbons (Fsp3) is 0.750. The molecule has 0 bridgehead atoms. The highest BCUT2D eigenvalue weighted by atomic mass is 35.5. The molecule has 0 aliphatic rings. The third-order valence-electron chi connectivity index (χ3n) is 0.798. The first-order chi connectivity index (χ1) is 4.73. The van der Waals surface area contributed by atoms with Crippen molar-refractivity contribution in [3.8, 4) is 0 Å². The summed E-state index contributed by atoms with van der Waals surface area (Å²) in [4.78, 5) is 10.0. The average molecular weight is 195 g/mol. The van der Waals surface area contributed by atoms with Gasteiger partial charge in [0.15, 0.2) is 0 Å². The SMILES string of the molecule is COC(=O)[C@](F)(Cl)C(F)(F)F. The van der Waals surface area contributed by atoms with Gasteiger partial charge in [0, 0.05) is 0 Å². The number of rotatable bonds is 1. The molecule has 0 aliphatic carbocycles. The third-order valence-corrected chi connectivity index (χ3v) is 1.17. The zero-order chi connectivity index (χ0) is 9.28. The van der Waals surface area contributed by atoms with Crippen molar-refractivity contribution in [2.45, 2.75) is 11.3 Å². The summed E-state index contributed by atoms with van der Waals surface area (Å²) in [5, 5.41) is -4.44. The minimum atomic E-state index is -5.46. The predicted octanol–water partition coefficient (Wildman–Crippen LogP) is 1.63. The Labute approximate surface area is 64.1 Å². The Kier molecular flexibility index (Phi) is 2.71. The van der Waals surface area contributed by atoms with E-state index in [0.717, 1.165) is 0 Å². The molecule has 11 heavy (non-hydrogen) atoms. The second kappa shape index (κ2) is 2.84. The molecule has 0 spiro atoms. The molecule has 7 heteroatoms. The summed E-state index contributed by atoms with van der Waals surface area (Å²) < 4.78 is 50.0. The Morgan fingerprint density at radius 3 is 1.82 bits per heavy atom. The molecule has 0 aromatic carbocycles. The maximum Gasteiger partial charge on any atom is 0.448 e. The molecule has 0 radical (unpaired) electrons. The molecule has 0 rings (SSSR count). The minimum Gasteiger partial charge on any atom is -0.465 e. The van der Waals surface area contributed by atoms with Gasteiger partial charge in [0.2, 0.25) is 0 Å². The standard InChI is InChI=1S/C4H3ClF4O2/c1-11-2(10)3(5,6)4(7,8)9/h1H3/t3-/m1/s1. The zero-order valence-electron chi connectivity index (χ0n) is 5.21. The molecular formula is C4H3ClF4O2. The Balaban J connectivity index is 4.59. The van der Waals surface area contributed by atoms with Crippen molar-refractivity contribution in [2.75, 3.05) is 7.11 Å². The molecule has 0 heterocycles. The highest BCUT2D eigenvalue weighted by Crippen LogP contribution is 2.38. The van der Waals surface area contributed by atoms with E-state index < -0.39 is 17.3 Å². The molecule has 0 unspecified atom stereocenters. The molecule has 66 valence electrons. The van der Waals surface area contributed by atoms with E-state index in [0.29, 0.717) is 7.11 Å². The summed E-state index contributed by atoms with van der Waals surface area (Å²) >= 11 is 4.20. The summed E-state index contributed by atoms with van der Waals surface area (Å²) in [6.45, 7) is 0. The number of carbonyl (C=O) groups excluding carboxylic acids is 1. The molecular weight excluding hydrogens is 191 g/mol. The number of esters is 1. The fourth-order valence-electron chi connectivity index (χ4n) is 0.244. The number of methoxy groups -OCH3 is 1. The van der Waals surface area contributed by atoms with Gasteiger partial charge in [-0.2, -0.15) is 13.2 Å². The zero-order valence-corrected chi connectivity index (χ0v) is 5.96. The number of hydrogen-bond acceptors (Lipinski definition) is 2. The largest absolute Gasteiger partial charge is 0.465 e. The quantitative estimate of drug-likeness (QED) is 0.360. The van der Waals surface area contributed by atoms with Gasteiger partial charge >= 0.3 is 17.3 Å². The van der Waals surface area contributed by atoms with E-state index in [1.165, 1.54) is 0 Å². The van der Waals surface area contributed by atoms with Crippen LogP contribution in [0.1, 0.15) is 0 Å².